The van der Waals surface area contributed by atoms with Gasteiger partial charge in [0.15, 0.2) is 6.61 Å². The molecule has 0 spiro atoms. The predicted molar refractivity (Wildman–Crippen MR) is 77.7 cm³/mol. The van der Waals surface area contributed by atoms with Crippen LogP contribution in [0.5, 0.6) is 5.75 Å². The van der Waals surface area contributed by atoms with Gasteiger partial charge in [-0.05, 0) is 36.6 Å². The monoisotopic (exact) mass is 289 g/mol. The van der Waals surface area contributed by atoms with Crippen molar-refractivity contribution in [3.8, 4) is 17.2 Å². The van der Waals surface area contributed by atoms with Gasteiger partial charge in [0.1, 0.15) is 5.75 Å². The maximum Gasteiger partial charge on any atom is 0.257 e. The van der Waals surface area contributed by atoms with Crippen LogP contribution in [-0.4, -0.2) is 29.3 Å². The lowest BCUT2D eigenvalue weighted by molar-refractivity contribution is -0.123. The zero-order valence-corrected chi connectivity index (χ0v) is 12.2. The van der Waals surface area contributed by atoms with Crippen LogP contribution in [0, 0.1) is 5.92 Å². The number of hydrogen-bond acceptors (Lipinski definition) is 5. The molecule has 2 rings (SSSR count). The minimum Gasteiger partial charge on any atom is -0.484 e. The van der Waals surface area contributed by atoms with E-state index in [1.807, 2.05) is 0 Å². The van der Waals surface area contributed by atoms with Gasteiger partial charge in [-0.15, -0.1) is 10.2 Å². The molecule has 1 N–H and O–H groups in total. The summed E-state index contributed by atoms with van der Waals surface area (Å²) in [5, 5.41) is 10.3. The molecule has 0 aliphatic heterocycles. The van der Waals surface area contributed by atoms with Crippen LogP contribution in [0.4, 0.5) is 0 Å². The molecule has 112 valence electrons. The fourth-order valence-electron chi connectivity index (χ4n) is 1.69. The highest BCUT2D eigenvalue weighted by molar-refractivity contribution is 5.77. The first-order valence-electron chi connectivity index (χ1n) is 6.91. The first-order valence-corrected chi connectivity index (χ1v) is 6.91. The van der Waals surface area contributed by atoms with Gasteiger partial charge in [-0.3, -0.25) is 4.79 Å². The van der Waals surface area contributed by atoms with Crippen molar-refractivity contribution < 1.29 is 13.9 Å². The Balaban J connectivity index is 1.77. The Hall–Kier alpha value is -2.37. The zero-order valence-electron chi connectivity index (χ0n) is 12.2. The van der Waals surface area contributed by atoms with Crippen molar-refractivity contribution in [2.75, 3.05) is 13.2 Å². The molecule has 21 heavy (non-hydrogen) atoms. The largest absolute Gasteiger partial charge is 0.484 e. The second-order valence-corrected chi connectivity index (χ2v) is 5.09. The van der Waals surface area contributed by atoms with Crippen molar-refractivity contribution in [2.24, 2.45) is 5.92 Å². The standard InChI is InChI=1S/C15H19N3O3/c1-11(2)7-8-16-14(19)9-20-13-5-3-12(4-6-13)15-18-17-10-21-15/h3-6,10-11H,7-9H2,1-2H3,(H,16,19). The highest BCUT2D eigenvalue weighted by Crippen LogP contribution is 2.19. The fourth-order valence-corrected chi connectivity index (χ4v) is 1.69. The van der Waals surface area contributed by atoms with E-state index in [4.69, 9.17) is 9.15 Å². The molecule has 6 heteroatoms. The Labute approximate surface area is 123 Å². The van der Waals surface area contributed by atoms with Gasteiger partial charge in [0, 0.05) is 12.1 Å². The van der Waals surface area contributed by atoms with Gasteiger partial charge < -0.3 is 14.5 Å². The number of amides is 1. The number of carbonyl (C=O) groups is 1. The van der Waals surface area contributed by atoms with Gasteiger partial charge in [-0.2, -0.15) is 0 Å². The highest BCUT2D eigenvalue weighted by atomic mass is 16.5. The molecule has 0 radical (unpaired) electrons. The molecule has 1 amide bonds. The molecule has 0 aliphatic carbocycles. The van der Waals surface area contributed by atoms with E-state index >= 15 is 0 Å². The Morgan fingerprint density at radius 2 is 2.10 bits per heavy atom. The molecule has 1 heterocycles. The van der Waals surface area contributed by atoms with E-state index in [0.717, 1.165) is 12.0 Å². The van der Waals surface area contributed by atoms with E-state index in [2.05, 4.69) is 29.4 Å². The fraction of sp³-hybridized carbons (Fsp3) is 0.400. The van der Waals surface area contributed by atoms with Gasteiger partial charge in [-0.1, -0.05) is 13.8 Å². The Morgan fingerprint density at radius 3 is 2.71 bits per heavy atom. The normalized spacial score (nSPS) is 10.6. The lowest BCUT2D eigenvalue weighted by atomic mass is 10.1. The highest BCUT2D eigenvalue weighted by Gasteiger charge is 2.05. The summed E-state index contributed by atoms with van der Waals surface area (Å²) >= 11 is 0. The molecule has 0 atom stereocenters. The van der Waals surface area contributed by atoms with Crippen molar-refractivity contribution in [3.63, 3.8) is 0 Å². The SMILES string of the molecule is CC(C)CCNC(=O)COc1ccc(-c2nnco2)cc1. The maximum absolute atomic E-state index is 11.6. The van der Waals surface area contributed by atoms with Gasteiger partial charge >= 0.3 is 0 Å². The van der Waals surface area contributed by atoms with E-state index in [0.29, 0.717) is 24.1 Å². The maximum atomic E-state index is 11.6. The second kappa shape index (κ2) is 7.42. The smallest absolute Gasteiger partial charge is 0.257 e. The average molecular weight is 289 g/mol. The van der Waals surface area contributed by atoms with Crippen molar-refractivity contribution in [1.82, 2.24) is 15.5 Å². The molecule has 0 saturated carbocycles. The number of rotatable bonds is 7. The van der Waals surface area contributed by atoms with Gasteiger partial charge in [-0.25, -0.2) is 0 Å². The lowest BCUT2D eigenvalue weighted by Crippen LogP contribution is -2.30. The third-order valence-electron chi connectivity index (χ3n) is 2.88. The van der Waals surface area contributed by atoms with Crippen molar-refractivity contribution in [3.05, 3.63) is 30.7 Å². The van der Waals surface area contributed by atoms with E-state index in [9.17, 15) is 4.79 Å². The second-order valence-electron chi connectivity index (χ2n) is 5.09. The van der Waals surface area contributed by atoms with Crippen LogP contribution in [0.15, 0.2) is 35.1 Å². The summed E-state index contributed by atoms with van der Waals surface area (Å²) in [7, 11) is 0. The molecule has 0 fully saturated rings. The van der Waals surface area contributed by atoms with Crippen LogP contribution in [0.1, 0.15) is 20.3 Å². The molecule has 1 aromatic heterocycles. The van der Waals surface area contributed by atoms with Crippen molar-refractivity contribution >= 4 is 5.91 Å². The molecule has 6 nitrogen and oxygen atoms in total. The zero-order chi connectivity index (χ0) is 15.1. The van der Waals surface area contributed by atoms with E-state index in [-0.39, 0.29) is 12.5 Å². The quantitative estimate of drug-likeness (QED) is 0.846. The summed E-state index contributed by atoms with van der Waals surface area (Å²) < 4.78 is 10.5. The minimum absolute atomic E-state index is 0.0119. The van der Waals surface area contributed by atoms with Gasteiger partial charge in [0.2, 0.25) is 12.3 Å². The number of nitrogens with zero attached hydrogens (tertiary/aromatic N) is 2. The molecule has 0 aliphatic rings. The molecule has 0 bridgehead atoms. The van der Waals surface area contributed by atoms with Crippen LogP contribution in [0.3, 0.4) is 0 Å². The van der Waals surface area contributed by atoms with Gasteiger partial charge in [0.25, 0.3) is 5.91 Å². The summed E-state index contributed by atoms with van der Waals surface area (Å²) in [5.41, 5.74) is 0.807. The molecule has 0 saturated heterocycles. The van der Waals surface area contributed by atoms with Crippen molar-refractivity contribution in [2.45, 2.75) is 20.3 Å². The number of nitrogens with one attached hydrogen (secondary N) is 1. The third kappa shape index (κ3) is 4.91. The van der Waals surface area contributed by atoms with Gasteiger partial charge in [0.05, 0.1) is 0 Å². The summed E-state index contributed by atoms with van der Waals surface area (Å²) in [6.07, 6.45) is 2.24. The van der Waals surface area contributed by atoms with Crippen LogP contribution >= 0.6 is 0 Å². The first-order chi connectivity index (χ1) is 10.1. The minimum atomic E-state index is -0.114. The van der Waals surface area contributed by atoms with E-state index in [1.165, 1.54) is 6.39 Å². The predicted octanol–water partition coefficient (Wildman–Crippen LogP) is 2.28. The lowest BCUT2D eigenvalue weighted by Gasteiger charge is -2.08. The Morgan fingerprint density at radius 1 is 1.33 bits per heavy atom. The summed E-state index contributed by atoms with van der Waals surface area (Å²) in [6.45, 7) is 4.93. The number of carbonyl (C=O) groups excluding carboxylic acids is 1. The van der Waals surface area contributed by atoms with Crippen LogP contribution in [-0.2, 0) is 4.79 Å². The van der Waals surface area contributed by atoms with Crippen LogP contribution in [0.25, 0.3) is 11.5 Å². The number of benzene rings is 1. The Bertz CT molecular complexity index is 550. The molecule has 0 unspecified atom stereocenters. The van der Waals surface area contributed by atoms with Crippen LogP contribution in [0.2, 0.25) is 0 Å². The molecular formula is C15H19N3O3. The van der Waals surface area contributed by atoms with E-state index in [1.54, 1.807) is 24.3 Å². The summed E-state index contributed by atoms with van der Waals surface area (Å²) in [6, 6.07) is 7.14. The van der Waals surface area contributed by atoms with E-state index < -0.39 is 0 Å². The third-order valence-corrected chi connectivity index (χ3v) is 2.88. The van der Waals surface area contributed by atoms with Crippen molar-refractivity contribution in [1.29, 1.82) is 0 Å². The first kappa shape index (κ1) is 15.0. The molecule has 2 aromatic rings. The Kier molecular flexibility index (Phi) is 5.31. The topological polar surface area (TPSA) is 77.2 Å². The summed E-state index contributed by atoms with van der Waals surface area (Å²) in [5.74, 6) is 1.53. The molecular weight excluding hydrogens is 270 g/mol. The summed E-state index contributed by atoms with van der Waals surface area (Å²) in [4.78, 5) is 11.6. The molecule has 1 aromatic carbocycles. The average Bonchev–Trinajstić information content (AvgIpc) is 2.99. The number of hydrogen-bond donors (Lipinski definition) is 1. The number of ether oxygens (including phenoxy) is 1. The number of aromatic nitrogens is 2. The van der Waals surface area contributed by atoms with Crippen LogP contribution < -0.4 is 10.1 Å².